The summed E-state index contributed by atoms with van der Waals surface area (Å²) in [6, 6.07) is 9.44. The molecule has 1 heterocycles. The van der Waals surface area contributed by atoms with Crippen molar-refractivity contribution >= 4 is 16.1 Å². The van der Waals surface area contributed by atoms with Crippen LogP contribution in [0.15, 0.2) is 35.7 Å². The van der Waals surface area contributed by atoms with Gasteiger partial charge in [0.05, 0.1) is 0 Å². The fraction of sp³-hybridized carbons (Fsp3) is 0.467. The molecule has 5 heteroatoms. The first kappa shape index (κ1) is 15.2. The minimum absolute atomic E-state index is 0.000346. The molecule has 1 N–H and O–H groups in total. The number of sulfonamides is 1. The molecule has 0 unspecified atom stereocenters. The van der Waals surface area contributed by atoms with Crippen molar-refractivity contribution in [2.24, 2.45) is 5.92 Å². The summed E-state index contributed by atoms with van der Waals surface area (Å²) >= 11 is 0. The number of hydrogen-bond acceptors (Lipinski definition) is 3. The maximum absolute atomic E-state index is 12.1. The number of nitrogens with one attached hydrogen (secondary N) is 1. The molecule has 1 aliphatic heterocycles. The molecule has 1 aromatic rings. The molecule has 0 radical (unpaired) electrons. The van der Waals surface area contributed by atoms with Crippen molar-refractivity contribution in [3.8, 4) is 0 Å². The Morgan fingerprint density at radius 3 is 2.60 bits per heavy atom. The molecule has 1 aromatic carbocycles. The zero-order chi connectivity index (χ0) is 14.6. The first-order valence-corrected chi connectivity index (χ1v) is 8.52. The van der Waals surface area contributed by atoms with Gasteiger partial charge in [0, 0.05) is 24.5 Å². The molecule has 0 spiro atoms. The molecule has 2 atom stereocenters. The van der Waals surface area contributed by atoms with E-state index in [9.17, 15) is 8.42 Å². The Hall–Kier alpha value is -1.17. The van der Waals surface area contributed by atoms with Gasteiger partial charge in [0.2, 0.25) is 10.0 Å². The Labute approximate surface area is 121 Å². The predicted molar refractivity (Wildman–Crippen MR) is 82.6 cm³/mol. The lowest BCUT2D eigenvalue weighted by atomic mass is 10.1. The van der Waals surface area contributed by atoms with Crippen LogP contribution in [0.1, 0.15) is 19.4 Å². The van der Waals surface area contributed by atoms with Crippen LogP contribution in [0.4, 0.5) is 0 Å². The Bertz CT molecular complexity index is 554. The lowest BCUT2D eigenvalue weighted by Gasteiger charge is -2.15. The van der Waals surface area contributed by atoms with Crippen molar-refractivity contribution in [2.75, 3.05) is 19.6 Å². The average molecular weight is 294 g/mol. The van der Waals surface area contributed by atoms with Crippen LogP contribution >= 0.6 is 0 Å². The van der Waals surface area contributed by atoms with E-state index in [1.807, 2.05) is 30.3 Å². The topological polar surface area (TPSA) is 49.4 Å². The minimum Gasteiger partial charge on any atom is -0.302 e. The van der Waals surface area contributed by atoms with Crippen LogP contribution in [0.2, 0.25) is 0 Å². The van der Waals surface area contributed by atoms with E-state index in [2.05, 4.69) is 23.5 Å². The fourth-order valence-corrected chi connectivity index (χ4v) is 3.61. The molecule has 1 saturated heterocycles. The third kappa shape index (κ3) is 4.16. The summed E-state index contributed by atoms with van der Waals surface area (Å²) in [5, 5.41) is 1.25. The van der Waals surface area contributed by atoms with Gasteiger partial charge in [-0.15, -0.1) is 0 Å². The second-order valence-corrected chi connectivity index (χ2v) is 6.91. The Balaban J connectivity index is 2.00. The standard InChI is InChI=1S/C15H22N2O2S/c1-3-17-11-13(2)15(12-17)16-20(18,19)10-9-14-7-5-4-6-8-14/h4-10,13,15-16H,3,11-12H2,1-2H3/b10-9+/t13-,15-/m0/s1. The molecular weight excluding hydrogens is 272 g/mol. The summed E-state index contributed by atoms with van der Waals surface area (Å²) in [4.78, 5) is 2.26. The minimum atomic E-state index is -3.38. The third-order valence-electron chi connectivity index (χ3n) is 3.69. The van der Waals surface area contributed by atoms with Crippen LogP contribution < -0.4 is 4.72 Å². The molecule has 4 nitrogen and oxygen atoms in total. The van der Waals surface area contributed by atoms with E-state index in [0.717, 1.165) is 25.2 Å². The van der Waals surface area contributed by atoms with E-state index in [1.54, 1.807) is 6.08 Å². The zero-order valence-electron chi connectivity index (χ0n) is 12.0. The number of nitrogens with zero attached hydrogens (tertiary/aromatic N) is 1. The smallest absolute Gasteiger partial charge is 0.234 e. The van der Waals surface area contributed by atoms with Gasteiger partial charge in [-0.1, -0.05) is 44.2 Å². The second kappa shape index (κ2) is 6.52. The van der Waals surface area contributed by atoms with Crippen LogP contribution in [0.5, 0.6) is 0 Å². The van der Waals surface area contributed by atoms with Gasteiger partial charge >= 0.3 is 0 Å². The van der Waals surface area contributed by atoms with Crippen LogP contribution in [0.3, 0.4) is 0 Å². The molecule has 1 aliphatic rings. The van der Waals surface area contributed by atoms with E-state index >= 15 is 0 Å². The number of likely N-dealkylation sites (tertiary alicyclic amines) is 1. The molecule has 20 heavy (non-hydrogen) atoms. The van der Waals surface area contributed by atoms with Crippen molar-refractivity contribution in [1.82, 2.24) is 9.62 Å². The molecule has 110 valence electrons. The van der Waals surface area contributed by atoms with Crippen LogP contribution in [0.25, 0.3) is 6.08 Å². The third-order valence-corrected chi connectivity index (χ3v) is 4.82. The van der Waals surface area contributed by atoms with E-state index in [4.69, 9.17) is 0 Å². The summed E-state index contributed by atoms with van der Waals surface area (Å²) in [6.07, 6.45) is 1.62. The summed E-state index contributed by atoms with van der Waals surface area (Å²) in [5.41, 5.74) is 0.882. The number of rotatable bonds is 5. The highest BCUT2D eigenvalue weighted by Gasteiger charge is 2.30. The maximum atomic E-state index is 12.1. The summed E-state index contributed by atoms with van der Waals surface area (Å²) in [7, 11) is -3.38. The highest BCUT2D eigenvalue weighted by atomic mass is 32.2. The SMILES string of the molecule is CCN1C[C@H](NS(=O)(=O)/C=C/c2ccccc2)[C@@H](C)C1. The van der Waals surface area contributed by atoms with Gasteiger partial charge < -0.3 is 4.90 Å². The van der Waals surface area contributed by atoms with E-state index < -0.39 is 10.0 Å². The van der Waals surface area contributed by atoms with Gasteiger partial charge in [-0.25, -0.2) is 13.1 Å². The number of likely N-dealkylation sites (N-methyl/N-ethyl adjacent to an activating group) is 1. The summed E-state index contributed by atoms with van der Waals surface area (Å²) < 4.78 is 27.0. The van der Waals surface area contributed by atoms with Crippen molar-refractivity contribution in [2.45, 2.75) is 19.9 Å². The van der Waals surface area contributed by atoms with E-state index in [-0.39, 0.29) is 6.04 Å². The quantitative estimate of drug-likeness (QED) is 0.902. The highest BCUT2D eigenvalue weighted by molar-refractivity contribution is 7.92. The average Bonchev–Trinajstić information content (AvgIpc) is 2.78. The monoisotopic (exact) mass is 294 g/mol. The van der Waals surface area contributed by atoms with Crippen molar-refractivity contribution < 1.29 is 8.42 Å². The fourth-order valence-electron chi connectivity index (χ4n) is 2.46. The lowest BCUT2D eigenvalue weighted by molar-refractivity contribution is 0.344. The van der Waals surface area contributed by atoms with Gasteiger partial charge in [-0.05, 0) is 24.1 Å². The molecule has 2 rings (SSSR count). The molecule has 0 amide bonds. The molecule has 0 saturated carbocycles. The van der Waals surface area contributed by atoms with Gasteiger partial charge in [-0.3, -0.25) is 0 Å². The number of hydrogen-bond donors (Lipinski definition) is 1. The summed E-state index contributed by atoms with van der Waals surface area (Å²) in [5.74, 6) is 0.342. The molecule has 0 aliphatic carbocycles. The maximum Gasteiger partial charge on any atom is 0.234 e. The van der Waals surface area contributed by atoms with Crippen LogP contribution in [0, 0.1) is 5.92 Å². The molecular formula is C15H22N2O2S. The van der Waals surface area contributed by atoms with Gasteiger partial charge in [-0.2, -0.15) is 0 Å². The normalized spacial score (nSPS) is 24.5. The summed E-state index contributed by atoms with van der Waals surface area (Å²) in [6.45, 7) is 6.88. The molecule has 0 bridgehead atoms. The Morgan fingerprint density at radius 2 is 2.00 bits per heavy atom. The molecule has 0 aromatic heterocycles. The zero-order valence-corrected chi connectivity index (χ0v) is 12.8. The largest absolute Gasteiger partial charge is 0.302 e. The first-order valence-electron chi connectivity index (χ1n) is 6.98. The second-order valence-electron chi connectivity index (χ2n) is 5.31. The first-order chi connectivity index (χ1) is 9.50. The highest BCUT2D eigenvalue weighted by Crippen LogP contribution is 2.17. The van der Waals surface area contributed by atoms with E-state index in [1.165, 1.54) is 5.41 Å². The van der Waals surface area contributed by atoms with Crippen molar-refractivity contribution in [3.63, 3.8) is 0 Å². The van der Waals surface area contributed by atoms with E-state index in [0.29, 0.717) is 5.92 Å². The van der Waals surface area contributed by atoms with Crippen LogP contribution in [-0.4, -0.2) is 39.0 Å². The lowest BCUT2D eigenvalue weighted by Crippen LogP contribution is -2.38. The van der Waals surface area contributed by atoms with Gasteiger partial charge in [0.25, 0.3) is 0 Å². The number of benzene rings is 1. The van der Waals surface area contributed by atoms with Crippen molar-refractivity contribution in [1.29, 1.82) is 0 Å². The predicted octanol–water partition coefficient (Wildman–Crippen LogP) is 1.92. The van der Waals surface area contributed by atoms with Gasteiger partial charge in [0.1, 0.15) is 0 Å². The van der Waals surface area contributed by atoms with Crippen LogP contribution in [-0.2, 0) is 10.0 Å². The van der Waals surface area contributed by atoms with Gasteiger partial charge in [0.15, 0.2) is 0 Å². The Morgan fingerprint density at radius 1 is 1.30 bits per heavy atom. The van der Waals surface area contributed by atoms with Crippen molar-refractivity contribution in [3.05, 3.63) is 41.3 Å². The molecule has 1 fully saturated rings. The Kier molecular flexibility index (Phi) is 4.96.